The molecular formula is C15H11BrF2N2O3. The largest absolute Gasteiger partial charge is 0.484 e. The minimum Gasteiger partial charge on any atom is -0.484 e. The summed E-state index contributed by atoms with van der Waals surface area (Å²) >= 11 is 3.07. The van der Waals surface area contributed by atoms with E-state index in [1.807, 2.05) is 0 Å². The van der Waals surface area contributed by atoms with Crippen molar-refractivity contribution in [2.45, 2.75) is 0 Å². The molecule has 2 amide bonds. The second kappa shape index (κ2) is 7.68. The standard InChI is InChI=1S/C15H11BrF2N2O3/c16-9-1-6-12(13(18)7-9)15(22)20-19-14(21)8-23-11-4-2-10(17)3-5-11/h1-7H,8H2,(H,19,21)(H,20,22). The molecule has 0 fully saturated rings. The molecule has 120 valence electrons. The highest BCUT2D eigenvalue weighted by Crippen LogP contribution is 2.15. The first-order chi connectivity index (χ1) is 11.0. The lowest BCUT2D eigenvalue weighted by Gasteiger charge is -2.09. The Balaban J connectivity index is 1.81. The second-order valence-electron chi connectivity index (χ2n) is 4.37. The quantitative estimate of drug-likeness (QED) is 0.796. The van der Waals surface area contributed by atoms with E-state index in [9.17, 15) is 18.4 Å². The highest BCUT2D eigenvalue weighted by molar-refractivity contribution is 9.10. The molecule has 0 spiro atoms. The molecular weight excluding hydrogens is 374 g/mol. The summed E-state index contributed by atoms with van der Waals surface area (Å²) in [7, 11) is 0. The number of ether oxygens (including phenoxy) is 1. The lowest BCUT2D eigenvalue weighted by Crippen LogP contribution is -2.44. The summed E-state index contributed by atoms with van der Waals surface area (Å²) < 4.78 is 31.8. The predicted molar refractivity (Wildman–Crippen MR) is 81.6 cm³/mol. The monoisotopic (exact) mass is 384 g/mol. The van der Waals surface area contributed by atoms with Gasteiger partial charge in [-0.15, -0.1) is 0 Å². The van der Waals surface area contributed by atoms with Gasteiger partial charge >= 0.3 is 0 Å². The minimum atomic E-state index is -0.801. The molecule has 0 aliphatic heterocycles. The van der Waals surface area contributed by atoms with Crippen molar-refractivity contribution < 1.29 is 23.1 Å². The Bertz CT molecular complexity index is 723. The van der Waals surface area contributed by atoms with Gasteiger partial charge in [-0.2, -0.15) is 0 Å². The van der Waals surface area contributed by atoms with Crippen molar-refractivity contribution in [1.29, 1.82) is 0 Å². The zero-order chi connectivity index (χ0) is 16.8. The summed E-state index contributed by atoms with van der Waals surface area (Å²) in [6.45, 7) is -0.394. The first-order valence-corrected chi connectivity index (χ1v) is 7.17. The number of carbonyl (C=O) groups excluding carboxylic acids is 2. The normalized spacial score (nSPS) is 10.0. The molecule has 2 aromatic carbocycles. The van der Waals surface area contributed by atoms with E-state index in [1.165, 1.54) is 36.4 Å². The number of halogens is 3. The number of rotatable bonds is 4. The third kappa shape index (κ3) is 5.03. The molecule has 0 aliphatic rings. The van der Waals surface area contributed by atoms with E-state index < -0.39 is 30.1 Å². The smallest absolute Gasteiger partial charge is 0.276 e. The maximum absolute atomic E-state index is 13.6. The van der Waals surface area contributed by atoms with Gasteiger partial charge in [-0.05, 0) is 42.5 Å². The van der Waals surface area contributed by atoms with Crippen molar-refractivity contribution >= 4 is 27.7 Å². The maximum Gasteiger partial charge on any atom is 0.276 e. The topological polar surface area (TPSA) is 67.4 Å². The molecule has 5 nitrogen and oxygen atoms in total. The van der Waals surface area contributed by atoms with Crippen molar-refractivity contribution in [2.75, 3.05) is 6.61 Å². The molecule has 8 heteroatoms. The van der Waals surface area contributed by atoms with Crippen LogP contribution < -0.4 is 15.6 Å². The third-order valence-electron chi connectivity index (χ3n) is 2.67. The Kier molecular flexibility index (Phi) is 5.64. The molecule has 0 radical (unpaired) electrons. The van der Waals surface area contributed by atoms with Crippen LogP contribution >= 0.6 is 15.9 Å². The van der Waals surface area contributed by atoms with E-state index in [0.29, 0.717) is 10.2 Å². The molecule has 0 saturated carbocycles. The van der Waals surface area contributed by atoms with Crippen LogP contribution in [0.15, 0.2) is 46.9 Å². The van der Waals surface area contributed by atoms with Gasteiger partial charge < -0.3 is 4.74 Å². The van der Waals surface area contributed by atoms with Gasteiger partial charge in [0.2, 0.25) is 0 Å². The molecule has 0 atom stereocenters. The van der Waals surface area contributed by atoms with Crippen LogP contribution in [0.1, 0.15) is 10.4 Å². The molecule has 0 heterocycles. The van der Waals surface area contributed by atoms with E-state index in [-0.39, 0.29) is 5.56 Å². The molecule has 23 heavy (non-hydrogen) atoms. The van der Waals surface area contributed by atoms with Crippen LogP contribution in [-0.2, 0) is 4.79 Å². The van der Waals surface area contributed by atoms with Gasteiger partial charge in [0.15, 0.2) is 6.61 Å². The fourth-order valence-electron chi connectivity index (χ4n) is 1.58. The number of hydrogen-bond acceptors (Lipinski definition) is 3. The fourth-order valence-corrected chi connectivity index (χ4v) is 1.92. The number of carbonyl (C=O) groups is 2. The minimum absolute atomic E-state index is 0.215. The van der Waals surface area contributed by atoms with Crippen LogP contribution in [0.5, 0.6) is 5.75 Å². The number of nitrogens with one attached hydrogen (secondary N) is 2. The van der Waals surface area contributed by atoms with Gasteiger partial charge in [-0.1, -0.05) is 15.9 Å². The average molecular weight is 385 g/mol. The van der Waals surface area contributed by atoms with Crippen LogP contribution in [0, 0.1) is 11.6 Å². The van der Waals surface area contributed by atoms with Crippen molar-refractivity contribution in [3.05, 3.63) is 64.1 Å². The second-order valence-corrected chi connectivity index (χ2v) is 5.28. The number of benzene rings is 2. The lowest BCUT2D eigenvalue weighted by atomic mass is 10.2. The van der Waals surface area contributed by atoms with Crippen molar-refractivity contribution in [3.63, 3.8) is 0 Å². The predicted octanol–water partition coefficient (Wildman–Crippen LogP) is 2.57. The number of amides is 2. The van der Waals surface area contributed by atoms with Crippen molar-refractivity contribution in [2.24, 2.45) is 0 Å². The molecule has 0 aromatic heterocycles. The molecule has 0 unspecified atom stereocenters. The molecule has 0 bridgehead atoms. The molecule has 2 aromatic rings. The van der Waals surface area contributed by atoms with Gasteiger partial charge in [0.25, 0.3) is 11.8 Å². The lowest BCUT2D eigenvalue weighted by molar-refractivity contribution is -0.123. The van der Waals surface area contributed by atoms with Gasteiger partial charge in [0.1, 0.15) is 17.4 Å². The highest BCUT2D eigenvalue weighted by Gasteiger charge is 2.13. The fraction of sp³-hybridized carbons (Fsp3) is 0.0667. The van der Waals surface area contributed by atoms with Crippen LogP contribution in [0.2, 0.25) is 0 Å². The van der Waals surface area contributed by atoms with Gasteiger partial charge in [-0.25, -0.2) is 8.78 Å². The van der Waals surface area contributed by atoms with Crippen molar-refractivity contribution in [1.82, 2.24) is 10.9 Å². The van der Waals surface area contributed by atoms with E-state index in [4.69, 9.17) is 4.74 Å². The third-order valence-corrected chi connectivity index (χ3v) is 3.17. The van der Waals surface area contributed by atoms with Crippen molar-refractivity contribution in [3.8, 4) is 5.75 Å². The van der Waals surface area contributed by atoms with Gasteiger partial charge in [-0.3, -0.25) is 20.4 Å². The maximum atomic E-state index is 13.6. The van der Waals surface area contributed by atoms with E-state index in [0.717, 1.165) is 6.07 Å². The van der Waals surface area contributed by atoms with Gasteiger partial charge in [0.05, 0.1) is 5.56 Å². The summed E-state index contributed by atoms with van der Waals surface area (Å²) in [5.74, 6) is -2.31. The number of hydrazine groups is 1. The summed E-state index contributed by atoms with van der Waals surface area (Å²) in [5.41, 5.74) is 3.94. The Morgan fingerprint density at radius 1 is 1.04 bits per heavy atom. The Morgan fingerprint density at radius 3 is 2.39 bits per heavy atom. The Morgan fingerprint density at radius 2 is 1.74 bits per heavy atom. The average Bonchev–Trinajstić information content (AvgIpc) is 2.52. The molecule has 2 N–H and O–H groups in total. The van der Waals surface area contributed by atoms with Crippen LogP contribution in [0.3, 0.4) is 0 Å². The Labute approximate surface area is 138 Å². The van der Waals surface area contributed by atoms with Crippen LogP contribution in [-0.4, -0.2) is 18.4 Å². The van der Waals surface area contributed by atoms with E-state index >= 15 is 0 Å². The first kappa shape index (κ1) is 16.9. The summed E-state index contributed by atoms with van der Waals surface area (Å²) in [4.78, 5) is 23.3. The molecule has 0 saturated heterocycles. The van der Waals surface area contributed by atoms with Crippen LogP contribution in [0.25, 0.3) is 0 Å². The Hall–Kier alpha value is -2.48. The SMILES string of the molecule is O=C(COc1ccc(F)cc1)NNC(=O)c1ccc(Br)cc1F. The van der Waals surface area contributed by atoms with E-state index in [2.05, 4.69) is 26.8 Å². The zero-order valence-electron chi connectivity index (χ0n) is 11.6. The summed E-state index contributed by atoms with van der Waals surface area (Å²) in [6, 6.07) is 9.00. The first-order valence-electron chi connectivity index (χ1n) is 6.38. The van der Waals surface area contributed by atoms with Gasteiger partial charge in [0, 0.05) is 4.47 Å². The molecule has 2 rings (SSSR count). The van der Waals surface area contributed by atoms with Crippen LogP contribution in [0.4, 0.5) is 8.78 Å². The number of hydrogen-bond donors (Lipinski definition) is 2. The van der Waals surface area contributed by atoms with E-state index in [1.54, 1.807) is 0 Å². The molecule has 0 aliphatic carbocycles. The summed E-state index contributed by atoms with van der Waals surface area (Å²) in [5, 5.41) is 0. The zero-order valence-corrected chi connectivity index (χ0v) is 13.2. The summed E-state index contributed by atoms with van der Waals surface area (Å²) in [6.07, 6.45) is 0. The highest BCUT2D eigenvalue weighted by atomic mass is 79.9.